The molecule has 0 atom stereocenters. The highest BCUT2D eigenvalue weighted by Crippen LogP contribution is 2.32. The van der Waals surface area contributed by atoms with E-state index in [0.29, 0.717) is 5.69 Å². The molecule has 19 heavy (non-hydrogen) atoms. The Labute approximate surface area is 116 Å². The van der Waals surface area contributed by atoms with Crippen molar-refractivity contribution in [1.29, 1.82) is 0 Å². The fourth-order valence-corrected chi connectivity index (χ4v) is 1.66. The van der Waals surface area contributed by atoms with Crippen molar-refractivity contribution in [2.75, 3.05) is 18.5 Å². The van der Waals surface area contributed by atoms with Crippen molar-refractivity contribution in [3.8, 4) is 5.75 Å². The lowest BCUT2D eigenvalue weighted by Crippen LogP contribution is -2.18. The van der Waals surface area contributed by atoms with Crippen LogP contribution in [0, 0.1) is 0 Å². The molecular formula is C11H11BrF3NO3. The van der Waals surface area contributed by atoms with Gasteiger partial charge in [-0.3, -0.25) is 4.79 Å². The highest BCUT2D eigenvalue weighted by Gasteiger charge is 2.31. The van der Waals surface area contributed by atoms with E-state index in [4.69, 9.17) is 4.74 Å². The molecule has 0 saturated heterocycles. The van der Waals surface area contributed by atoms with Crippen molar-refractivity contribution < 1.29 is 27.4 Å². The summed E-state index contributed by atoms with van der Waals surface area (Å²) in [5.41, 5.74) is 0.467. The lowest BCUT2D eigenvalue weighted by atomic mass is 10.3. The summed E-state index contributed by atoms with van der Waals surface area (Å²) in [7, 11) is 0. The molecule has 0 amide bonds. The second-order valence-electron chi connectivity index (χ2n) is 3.35. The van der Waals surface area contributed by atoms with Crippen LogP contribution in [0.2, 0.25) is 0 Å². The van der Waals surface area contributed by atoms with Crippen LogP contribution in [-0.4, -0.2) is 25.5 Å². The minimum absolute atomic E-state index is 0.0697. The van der Waals surface area contributed by atoms with E-state index in [9.17, 15) is 18.0 Å². The average molecular weight is 342 g/mol. The zero-order valence-electron chi connectivity index (χ0n) is 9.88. The molecule has 4 nitrogen and oxygen atoms in total. The lowest BCUT2D eigenvalue weighted by molar-refractivity contribution is -0.274. The molecule has 0 fully saturated rings. The number of carbonyl (C=O) groups excluding carboxylic acids is 1. The van der Waals surface area contributed by atoms with Crippen molar-refractivity contribution in [2.24, 2.45) is 0 Å². The maximum atomic E-state index is 12.0. The van der Waals surface area contributed by atoms with Crippen LogP contribution < -0.4 is 10.1 Å². The summed E-state index contributed by atoms with van der Waals surface area (Å²) >= 11 is 2.96. The number of hydrogen-bond donors (Lipinski definition) is 1. The molecule has 0 aromatic heterocycles. The van der Waals surface area contributed by atoms with Crippen LogP contribution in [0.4, 0.5) is 18.9 Å². The van der Waals surface area contributed by atoms with Crippen molar-refractivity contribution in [3.63, 3.8) is 0 Å². The van der Waals surface area contributed by atoms with Gasteiger partial charge >= 0.3 is 12.3 Å². The molecule has 0 aliphatic carbocycles. The number of carbonyl (C=O) groups is 1. The van der Waals surface area contributed by atoms with Crippen LogP contribution in [-0.2, 0) is 9.53 Å². The van der Waals surface area contributed by atoms with Gasteiger partial charge in [0, 0.05) is 5.69 Å². The van der Waals surface area contributed by atoms with Gasteiger partial charge in [0.2, 0.25) is 0 Å². The number of anilines is 1. The monoisotopic (exact) mass is 341 g/mol. The molecule has 106 valence electrons. The number of nitrogens with one attached hydrogen (secondary N) is 1. The Kier molecular flexibility index (Phi) is 5.46. The fraction of sp³-hybridized carbons (Fsp3) is 0.364. The van der Waals surface area contributed by atoms with E-state index in [1.54, 1.807) is 6.92 Å². The molecule has 0 saturated carbocycles. The van der Waals surface area contributed by atoms with Crippen molar-refractivity contribution in [3.05, 3.63) is 22.7 Å². The Morgan fingerprint density at radius 1 is 1.42 bits per heavy atom. The minimum atomic E-state index is -4.75. The van der Waals surface area contributed by atoms with E-state index < -0.39 is 12.3 Å². The van der Waals surface area contributed by atoms with Gasteiger partial charge in [-0.25, -0.2) is 0 Å². The van der Waals surface area contributed by atoms with Gasteiger partial charge in [-0.15, -0.1) is 13.2 Å². The molecule has 0 aliphatic rings. The van der Waals surface area contributed by atoms with Gasteiger partial charge in [-0.2, -0.15) is 0 Å². The molecule has 0 radical (unpaired) electrons. The lowest BCUT2D eigenvalue weighted by Gasteiger charge is -2.12. The second kappa shape index (κ2) is 6.65. The van der Waals surface area contributed by atoms with Crippen molar-refractivity contribution >= 4 is 27.6 Å². The van der Waals surface area contributed by atoms with Gasteiger partial charge in [0.05, 0.1) is 11.1 Å². The summed E-state index contributed by atoms with van der Waals surface area (Å²) in [6.07, 6.45) is -4.75. The predicted octanol–water partition coefficient (Wildman–Crippen LogP) is 3.32. The normalized spacial score (nSPS) is 11.0. The first kappa shape index (κ1) is 15.6. The number of benzene rings is 1. The van der Waals surface area contributed by atoms with Crippen LogP contribution in [0.5, 0.6) is 5.75 Å². The van der Waals surface area contributed by atoms with E-state index in [-0.39, 0.29) is 23.4 Å². The Morgan fingerprint density at radius 2 is 2.11 bits per heavy atom. The maximum Gasteiger partial charge on any atom is 0.573 e. The quantitative estimate of drug-likeness (QED) is 0.834. The van der Waals surface area contributed by atoms with Crippen molar-refractivity contribution in [1.82, 2.24) is 0 Å². The molecule has 0 bridgehead atoms. The van der Waals surface area contributed by atoms with Gasteiger partial charge in [0.1, 0.15) is 12.3 Å². The van der Waals surface area contributed by atoms with E-state index in [1.807, 2.05) is 0 Å². The van der Waals surface area contributed by atoms with Crippen LogP contribution in [0.1, 0.15) is 6.92 Å². The molecule has 0 unspecified atom stereocenters. The average Bonchev–Trinajstić information content (AvgIpc) is 2.28. The van der Waals surface area contributed by atoms with Crippen LogP contribution >= 0.6 is 15.9 Å². The molecule has 1 N–H and O–H groups in total. The SMILES string of the molecule is CCOC(=O)CNc1ccc(OC(F)(F)F)c(Br)c1. The first-order valence-corrected chi connectivity index (χ1v) is 6.06. The summed E-state index contributed by atoms with van der Waals surface area (Å²) in [4.78, 5) is 11.1. The van der Waals surface area contributed by atoms with E-state index in [2.05, 4.69) is 26.0 Å². The van der Waals surface area contributed by atoms with Crippen LogP contribution in [0.3, 0.4) is 0 Å². The summed E-state index contributed by atoms with van der Waals surface area (Å²) in [5, 5.41) is 2.72. The van der Waals surface area contributed by atoms with E-state index in [1.165, 1.54) is 12.1 Å². The van der Waals surface area contributed by atoms with E-state index in [0.717, 1.165) is 6.07 Å². The number of hydrogen-bond acceptors (Lipinski definition) is 4. The highest BCUT2D eigenvalue weighted by atomic mass is 79.9. The molecule has 8 heteroatoms. The zero-order chi connectivity index (χ0) is 14.5. The molecule has 0 aliphatic heterocycles. The molecular weight excluding hydrogens is 331 g/mol. The topological polar surface area (TPSA) is 47.6 Å². The van der Waals surface area contributed by atoms with Gasteiger partial charge in [0.15, 0.2) is 0 Å². The summed E-state index contributed by atoms with van der Waals surface area (Å²) in [6.45, 7) is 1.88. The third-order valence-corrected chi connectivity index (χ3v) is 2.52. The zero-order valence-corrected chi connectivity index (χ0v) is 11.5. The van der Waals surface area contributed by atoms with Gasteiger partial charge in [0.25, 0.3) is 0 Å². The Morgan fingerprint density at radius 3 is 2.63 bits per heavy atom. The van der Waals surface area contributed by atoms with Gasteiger partial charge < -0.3 is 14.8 Å². The minimum Gasteiger partial charge on any atom is -0.465 e. The van der Waals surface area contributed by atoms with E-state index >= 15 is 0 Å². The third kappa shape index (κ3) is 5.82. The smallest absolute Gasteiger partial charge is 0.465 e. The van der Waals surface area contributed by atoms with Gasteiger partial charge in [-0.05, 0) is 41.1 Å². The molecule has 0 spiro atoms. The molecule has 1 aromatic rings. The number of halogens is 4. The fourth-order valence-electron chi connectivity index (χ4n) is 1.20. The summed E-state index contributed by atoms with van der Waals surface area (Å²) in [6, 6.07) is 3.89. The first-order valence-electron chi connectivity index (χ1n) is 5.26. The Hall–Kier alpha value is -1.44. The number of esters is 1. The van der Waals surface area contributed by atoms with Crippen LogP contribution in [0.15, 0.2) is 22.7 Å². The van der Waals surface area contributed by atoms with Gasteiger partial charge in [-0.1, -0.05) is 0 Å². The number of alkyl halides is 3. The Balaban J connectivity index is 2.64. The Bertz CT molecular complexity index is 451. The second-order valence-corrected chi connectivity index (χ2v) is 4.21. The molecule has 1 rings (SSSR count). The number of ether oxygens (including phenoxy) is 2. The predicted molar refractivity (Wildman–Crippen MR) is 65.9 cm³/mol. The summed E-state index contributed by atoms with van der Waals surface area (Å²) < 4.78 is 44.7. The number of rotatable bonds is 5. The van der Waals surface area contributed by atoms with Crippen LogP contribution in [0.25, 0.3) is 0 Å². The molecule has 0 heterocycles. The summed E-state index contributed by atoms with van der Waals surface area (Å²) in [5.74, 6) is -0.802. The first-order chi connectivity index (χ1) is 8.81. The third-order valence-electron chi connectivity index (χ3n) is 1.90. The maximum absolute atomic E-state index is 12.0. The van der Waals surface area contributed by atoms with Crippen molar-refractivity contribution in [2.45, 2.75) is 13.3 Å². The largest absolute Gasteiger partial charge is 0.573 e. The molecule has 1 aromatic carbocycles. The standard InChI is InChI=1S/C11H11BrF3NO3/c1-2-18-10(17)6-16-7-3-4-9(8(12)5-7)19-11(13,14)15/h3-5,16H,2,6H2,1H3. The highest BCUT2D eigenvalue weighted by molar-refractivity contribution is 9.10.